The number of ether oxygens (including phenoxy) is 1. The Morgan fingerprint density at radius 3 is 2.10 bits per heavy atom. The maximum atomic E-state index is 13.4. The van der Waals surface area contributed by atoms with Crippen molar-refractivity contribution in [3.63, 3.8) is 0 Å². The van der Waals surface area contributed by atoms with Gasteiger partial charge in [0.25, 0.3) is 5.56 Å². The fraction of sp³-hybridized carbons (Fsp3) is 0.0370. The summed E-state index contributed by atoms with van der Waals surface area (Å²) in [5.74, 6) is 1.36. The van der Waals surface area contributed by atoms with Crippen molar-refractivity contribution in [2.24, 2.45) is 0 Å². The molecule has 0 saturated heterocycles. The number of hydrogen-bond donors (Lipinski definition) is 0. The molecule has 0 spiro atoms. The van der Waals surface area contributed by atoms with Gasteiger partial charge in [-0.2, -0.15) is 0 Å². The van der Waals surface area contributed by atoms with Gasteiger partial charge < -0.3 is 4.74 Å². The largest absolute Gasteiger partial charge is 0.489 e. The Bertz CT molecular complexity index is 1380. The van der Waals surface area contributed by atoms with E-state index in [1.54, 1.807) is 4.57 Å². The molecule has 0 unspecified atom stereocenters. The first-order valence-corrected chi connectivity index (χ1v) is 10.1. The van der Waals surface area contributed by atoms with Crippen LogP contribution in [-0.4, -0.2) is 9.55 Å². The van der Waals surface area contributed by atoms with Crippen molar-refractivity contribution in [1.29, 1.82) is 0 Å². The van der Waals surface area contributed by atoms with Crippen molar-refractivity contribution >= 4 is 10.9 Å². The minimum absolute atomic E-state index is 0.0950. The van der Waals surface area contributed by atoms with E-state index in [9.17, 15) is 4.79 Å². The quantitative estimate of drug-likeness (QED) is 0.381. The van der Waals surface area contributed by atoms with Crippen molar-refractivity contribution in [2.75, 3.05) is 0 Å². The second-order valence-electron chi connectivity index (χ2n) is 7.23. The third kappa shape index (κ3) is 3.83. The maximum Gasteiger partial charge on any atom is 0.266 e. The zero-order valence-corrected chi connectivity index (χ0v) is 16.8. The molecule has 0 aliphatic heterocycles. The lowest BCUT2D eigenvalue weighted by Gasteiger charge is -2.14. The van der Waals surface area contributed by atoms with Crippen molar-refractivity contribution in [2.45, 2.75) is 6.61 Å². The Balaban J connectivity index is 1.56. The average Bonchev–Trinajstić information content (AvgIpc) is 2.84. The molecule has 4 nitrogen and oxygen atoms in total. The second kappa shape index (κ2) is 8.28. The molecule has 0 atom stereocenters. The molecule has 1 heterocycles. The van der Waals surface area contributed by atoms with E-state index in [1.807, 2.05) is 109 Å². The van der Waals surface area contributed by atoms with Crippen molar-refractivity contribution in [3.05, 3.63) is 125 Å². The smallest absolute Gasteiger partial charge is 0.266 e. The number of fused-ring (bicyclic) bond motifs is 1. The van der Waals surface area contributed by atoms with Gasteiger partial charge in [0, 0.05) is 5.56 Å². The highest BCUT2D eigenvalue weighted by Crippen LogP contribution is 2.23. The van der Waals surface area contributed by atoms with E-state index in [0.717, 1.165) is 22.6 Å². The summed E-state index contributed by atoms with van der Waals surface area (Å²) >= 11 is 0. The van der Waals surface area contributed by atoms with E-state index in [4.69, 9.17) is 9.72 Å². The van der Waals surface area contributed by atoms with Crippen LogP contribution in [0.5, 0.6) is 5.75 Å². The fourth-order valence-corrected chi connectivity index (χ4v) is 3.59. The number of nitrogens with zero attached hydrogens (tertiary/aromatic N) is 2. The molecule has 0 saturated carbocycles. The third-order valence-electron chi connectivity index (χ3n) is 5.15. The van der Waals surface area contributed by atoms with E-state index in [2.05, 4.69) is 0 Å². The van der Waals surface area contributed by atoms with Crippen LogP contribution in [0.25, 0.3) is 28.0 Å². The molecule has 0 N–H and O–H groups in total. The number of rotatable bonds is 5. The monoisotopic (exact) mass is 404 g/mol. The Labute approximate surface area is 180 Å². The normalized spacial score (nSPS) is 10.8. The summed E-state index contributed by atoms with van der Waals surface area (Å²) in [6.45, 7) is 0.493. The van der Waals surface area contributed by atoms with Crippen molar-refractivity contribution in [1.82, 2.24) is 9.55 Å². The molecular weight excluding hydrogens is 384 g/mol. The predicted octanol–water partition coefficient (Wildman–Crippen LogP) is 5.63. The van der Waals surface area contributed by atoms with Crippen molar-refractivity contribution in [3.8, 4) is 22.8 Å². The van der Waals surface area contributed by atoms with Crippen LogP contribution < -0.4 is 10.3 Å². The van der Waals surface area contributed by atoms with Gasteiger partial charge in [-0.05, 0) is 42.0 Å². The molecule has 0 amide bonds. The van der Waals surface area contributed by atoms with E-state index in [0.29, 0.717) is 23.3 Å². The highest BCUT2D eigenvalue weighted by atomic mass is 16.5. The molecule has 0 aliphatic rings. The van der Waals surface area contributed by atoms with Crippen LogP contribution in [0.1, 0.15) is 5.56 Å². The Morgan fingerprint density at radius 1 is 0.710 bits per heavy atom. The lowest BCUT2D eigenvalue weighted by atomic mass is 10.1. The topological polar surface area (TPSA) is 44.1 Å². The summed E-state index contributed by atoms with van der Waals surface area (Å²) in [6, 6.07) is 34.8. The lowest BCUT2D eigenvalue weighted by molar-refractivity contribution is 0.306. The van der Waals surface area contributed by atoms with Gasteiger partial charge in [-0.25, -0.2) is 4.98 Å². The highest BCUT2D eigenvalue weighted by Gasteiger charge is 2.14. The number of aromatic nitrogens is 2. The van der Waals surface area contributed by atoms with Gasteiger partial charge in [0.15, 0.2) is 0 Å². The first-order chi connectivity index (χ1) is 15.3. The molecule has 0 bridgehead atoms. The molecule has 4 heteroatoms. The van der Waals surface area contributed by atoms with E-state index in [1.165, 1.54) is 0 Å². The summed E-state index contributed by atoms with van der Waals surface area (Å²) < 4.78 is 7.56. The molecule has 5 rings (SSSR count). The standard InChI is InChI=1S/C27H20N2O2/c30-27-24-13-7-8-14-25(24)28-26(21-11-5-2-6-12-21)29(27)22-15-17-23(18-16-22)31-19-20-9-3-1-4-10-20/h1-18H,19H2. The first-order valence-electron chi connectivity index (χ1n) is 10.1. The lowest BCUT2D eigenvalue weighted by Crippen LogP contribution is -2.21. The zero-order chi connectivity index (χ0) is 21.0. The summed E-state index contributed by atoms with van der Waals surface area (Å²) in [7, 11) is 0. The summed E-state index contributed by atoms with van der Waals surface area (Å²) in [6.07, 6.45) is 0. The van der Waals surface area contributed by atoms with Crippen LogP contribution in [-0.2, 0) is 6.61 Å². The Hall–Kier alpha value is -4.18. The Morgan fingerprint density at radius 2 is 1.35 bits per heavy atom. The molecule has 0 aliphatic carbocycles. The van der Waals surface area contributed by atoms with Crippen LogP contribution in [0, 0.1) is 0 Å². The first kappa shape index (κ1) is 18.8. The van der Waals surface area contributed by atoms with Crippen LogP contribution in [0.3, 0.4) is 0 Å². The average molecular weight is 404 g/mol. The SMILES string of the molecule is O=c1c2ccccc2nc(-c2ccccc2)n1-c1ccc(OCc2ccccc2)cc1. The van der Waals surface area contributed by atoms with E-state index < -0.39 is 0 Å². The number of hydrogen-bond acceptors (Lipinski definition) is 3. The summed E-state index contributed by atoms with van der Waals surface area (Å²) in [5, 5.41) is 0.589. The van der Waals surface area contributed by atoms with Gasteiger partial charge in [0.2, 0.25) is 0 Å². The number of para-hydroxylation sites is 1. The van der Waals surface area contributed by atoms with Gasteiger partial charge in [-0.15, -0.1) is 0 Å². The third-order valence-corrected chi connectivity index (χ3v) is 5.15. The summed E-state index contributed by atoms with van der Waals surface area (Å²) in [5.41, 5.74) is 3.32. The van der Waals surface area contributed by atoms with E-state index in [-0.39, 0.29) is 5.56 Å². The van der Waals surface area contributed by atoms with Gasteiger partial charge in [-0.1, -0.05) is 72.8 Å². The van der Waals surface area contributed by atoms with Crippen molar-refractivity contribution < 1.29 is 4.74 Å². The van der Waals surface area contributed by atoms with Crippen LogP contribution in [0.2, 0.25) is 0 Å². The minimum atomic E-state index is -0.0950. The Kier molecular flexibility index (Phi) is 5.03. The molecule has 0 radical (unpaired) electrons. The molecule has 31 heavy (non-hydrogen) atoms. The second-order valence-corrected chi connectivity index (χ2v) is 7.23. The molecule has 5 aromatic rings. The van der Waals surface area contributed by atoms with Gasteiger partial charge >= 0.3 is 0 Å². The minimum Gasteiger partial charge on any atom is -0.489 e. The molecule has 0 fully saturated rings. The fourth-order valence-electron chi connectivity index (χ4n) is 3.59. The highest BCUT2D eigenvalue weighted by molar-refractivity contribution is 5.80. The van der Waals surface area contributed by atoms with Crippen LogP contribution >= 0.6 is 0 Å². The maximum absolute atomic E-state index is 13.4. The number of benzene rings is 4. The predicted molar refractivity (Wildman–Crippen MR) is 124 cm³/mol. The summed E-state index contributed by atoms with van der Waals surface area (Å²) in [4.78, 5) is 18.2. The van der Waals surface area contributed by atoms with Gasteiger partial charge in [0.1, 0.15) is 18.2 Å². The molecular formula is C27H20N2O2. The molecule has 1 aromatic heterocycles. The molecule has 150 valence electrons. The zero-order valence-electron chi connectivity index (χ0n) is 16.8. The van der Waals surface area contributed by atoms with Crippen LogP contribution in [0.4, 0.5) is 0 Å². The molecule has 4 aromatic carbocycles. The van der Waals surface area contributed by atoms with Gasteiger partial charge in [-0.3, -0.25) is 9.36 Å². The van der Waals surface area contributed by atoms with Crippen LogP contribution in [0.15, 0.2) is 114 Å². The van der Waals surface area contributed by atoms with Gasteiger partial charge in [0.05, 0.1) is 16.6 Å². The van der Waals surface area contributed by atoms with E-state index >= 15 is 0 Å².